The molecule has 0 N–H and O–H groups in total. The lowest BCUT2D eigenvalue weighted by molar-refractivity contribution is 0.00578. The molecule has 0 unspecified atom stereocenters. The van der Waals surface area contributed by atoms with E-state index in [4.69, 9.17) is 14.0 Å². The zero-order chi connectivity index (χ0) is 15.1. The van der Waals surface area contributed by atoms with Crippen LogP contribution in [0.4, 0.5) is 4.39 Å². The van der Waals surface area contributed by atoms with E-state index in [9.17, 15) is 4.39 Å². The fourth-order valence-corrected chi connectivity index (χ4v) is 2.04. The molecule has 20 heavy (non-hydrogen) atoms. The Bertz CT molecular complexity index is 484. The van der Waals surface area contributed by atoms with Gasteiger partial charge >= 0.3 is 7.12 Å². The van der Waals surface area contributed by atoms with E-state index in [1.165, 1.54) is 6.07 Å². The van der Waals surface area contributed by atoms with E-state index >= 15 is 0 Å². The largest absolute Gasteiger partial charge is 0.498 e. The molecule has 2 rings (SSSR count). The van der Waals surface area contributed by atoms with Crippen LogP contribution < -0.4 is 10.2 Å². The SMILES string of the molecule is CC(C)Oc1c(F)cccc1B1OC(C)(C)C(C)(C)O1. The molecule has 1 saturated heterocycles. The summed E-state index contributed by atoms with van der Waals surface area (Å²) < 4.78 is 31.5. The molecule has 3 nitrogen and oxygen atoms in total. The Morgan fingerprint density at radius 1 is 1.10 bits per heavy atom. The van der Waals surface area contributed by atoms with Gasteiger partial charge in [0.2, 0.25) is 0 Å². The van der Waals surface area contributed by atoms with Crippen molar-refractivity contribution in [2.24, 2.45) is 0 Å². The molecule has 1 aromatic carbocycles. The molecule has 0 aromatic heterocycles. The first-order valence-electron chi connectivity index (χ1n) is 6.95. The van der Waals surface area contributed by atoms with Crippen molar-refractivity contribution in [3.8, 4) is 5.75 Å². The number of hydrogen-bond donors (Lipinski definition) is 0. The van der Waals surface area contributed by atoms with Crippen LogP contribution in [0.2, 0.25) is 0 Å². The van der Waals surface area contributed by atoms with E-state index in [2.05, 4.69) is 0 Å². The van der Waals surface area contributed by atoms with Crippen molar-refractivity contribution in [2.75, 3.05) is 0 Å². The molecule has 0 bridgehead atoms. The first kappa shape index (κ1) is 15.3. The van der Waals surface area contributed by atoms with Crippen LogP contribution in [-0.4, -0.2) is 24.4 Å². The quantitative estimate of drug-likeness (QED) is 0.797. The van der Waals surface area contributed by atoms with Crippen LogP contribution in [0, 0.1) is 5.82 Å². The Hall–Kier alpha value is -1.07. The van der Waals surface area contributed by atoms with Crippen LogP contribution in [0.25, 0.3) is 0 Å². The van der Waals surface area contributed by atoms with Crippen molar-refractivity contribution in [3.05, 3.63) is 24.0 Å². The molecule has 1 heterocycles. The highest BCUT2D eigenvalue weighted by molar-refractivity contribution is 6.63. The minimum atomic E-state index is -0.621. The highest BCUT2D eigenvalue weighted by atomic mass is 19.1. The standard InChI is InChI=1S/C15H22BFO3/c1-10(2)18-13-11(8-7-9-12(13)17)16-19-14(3,4)15(5,6)20-16/h7-10H,1-6H3. The van der Waals surface area contributed by atoms with Gasteiger partial charge < -0.3 is 14.0 Å². The summed E-state index contributed by atoms with van der Waals surface area (Å²) in [5, 5.41) is 0. The second kappa shape index (κ2) is 5.04. The van der Waals surface area contributed by atoms with Gasteiger partial charge in [-0.05, 0) is 47.6 Å². The maximum atomic E-state index is 14.0. The zero-order valence-electron chi connectivity index (χ0n) is 13.0. The fourth-order valence-electron chi connectivity index (χ4n) is 2.04. The molecule has 0 atom stereocenters. The number of benzene rings is 1. The topological polar surface area (TPSA) is 27.7 Å². The molecule has 0 radical (unpaired) electrons. The average Bonchev–Trinajstić information content (AvgIpc) is 2.50. The molecule has 0 amide bonds. The van der Waals surface area contributed by atoms with Crippen molar-refractivity contribution in [1.29, 1.82) is 0 Å². The third kappa shape index (κ3) is 2.70. The molecular formula is C15H22BFO3. The average molecular weight is 280 g/mol. The van der Waals surface area contributed by atoms with Crippen molar-refractivity contribution in [1.82, 2.24) is 0 Å². The lowest BCUT2D eigenvalue weighted by atomic mass is 9.78. The van der Waals surface area contributed by atoms with Crippen LogP contribution in [0.3, 0.4) is 0 Å². The predicted octanol–water partition coefficient (Wildman–Crippen LogP) is 2.91. The Labute approximate surface area is 120 Å². The molecule has 1 aliphatic rings. The second-order valence-corrected chi connectivity index (χ2v) is 6.41. The summed E-state index contributed by atoms with van der Waals surface area (Å²) in [4.78, 5) is 0. The summed E-state index contributed by atoms with van der Waals surface area (Å²) >= 11 is 0. The van der Waals surface area contributed by atoms with Gasteiger partial charge in [-0.1, -0.05) is 12.1 Å². The first-order chi connectivity index (χ1) is 9.14. The summed E-state index contributed by atoms with van der Waals surface area (Å²) in [5.41, 5.74) is -0.324. The van der Waals surface area contributed by atoms with Crippen molar-refractivity contribution in [2.45, 2.75) is 58.8 Å². The van der Waals surface area contributed by atoms with Crippen LogP contribution in [0.5, 0.6) is 5.75 Å². The van der Waals surface area contributed by atoms with Crippen molar-refractivity contribution in [3.63, 3.8) is 0 Å². The molecule has 110 valence electrons. The molecule has 0 spiro atoms. The van der Waals surface area contributed by atoms with E-state index in [-0.39, 0.29) is 11.9 Å². The number of hydrogen-bond acceptors (Lipinski definition) is 3. The highest BCUT2D eigenvalue weighted by Gasteiger charge is 2.52. The molecular weight excluding hydrogens is 258 g/mol. The Morgan fingerprint density at radius 3 is 2.15 bits per heavy atom. The van der Waals surface area contributed by atoms with Crippen LogP contribution in [0.1, 0.15) is 41.5 Å². The van der Waals surface area contributed by atoms with Gasteiger partial charge in [0.15, 0.2) is 11.6 Å². The molecule has 1 aromatic rings. The summed E-state index contributed by atoms with van der Waals surface area (Å²) in [6.07, 6.45) is -0.118. The van der Waals surface area contributed by atoms with Gasteiger partial charge in [0.1, 0.15) is 0 Å². The lowest BCUT2D eigenvalue weighted by Gasteiger charge is -2.32. The maximum Gasteiger partial charge on any atom is 0.498 e. The summed E-state index contributed by atoms with van der Waals surface area (Å²) in [5.74, 6) is -0.188. The van der Waals surface area contributed by atoms with Gasteiger partial charge in [0, 0.05) is 5.46 Å². The summed E-state index contributed by atoms with van der Waals surface area (Å²) in [6.45, 7) is 11.6. The minimum absolute atomic E-state index is 0.118. The van der Waals surface area contributed by atoms with Crippen LogP contribution in [-0.2, 0) is 9.31 Å². The van der Waals surface area contributed by atoms with Gasteiger partial charge in [-0.3, -0.25) is 0 Å². The number of halogens is 1. The summed E-state index contributed by atoms with van der Waals surface area (Å²) in [6, 6.07) is 4.80. The molecule has 1 fully saturated rings. The Morgan fingerprint density at radius 2 is 1.65 bits per heavy atom. The van der Waals surface area contributed by atoms with Crippen LogP contribution >= 0.6 is 0 Å². The van der Waals surface area contributed by atoms with Gasteiger partial charge in [-0.15, -0.1) is 0 Å². The molecule has 0 saturated carbocycles. The lowest BCUT2D eigenvalue weighted by Crippen LogP contribution is -2.41. The van der Waals surface area contributed by atoms with Gasteiger partial charge in [0.25, 0.3) is 0 Å². The van der Waals surface area contributed by atoms with Gasteiger partial charge in [0.05, 0.1) is 17.3 Å². The monoisotopic (exact) mass is 280 g/mol. The fraction of sp³-hybridized carbons (Fsp3) is 0.600. The van der Waals surface area contributed by atoms with Gasteiger partial charge in [-0.25, -0.2) is 4.39 Å². The Balaban J connectivity index is 2.37. The number of para-hydroxylation sites is 1. The Kier molecular flexibility index (Phi) is 3.86. The van der Waals surface area contributed by atoms with Gasteiger partial charge in [-0.2, -0.15) is 0 Å². The third-order valence-electron chi connectivity index (χ3n) is 3.86. The molecule has 5 heteroatoms. The predicted molar refractivity (Wildman–Crippen MR) is 77.9 cm³/mol. The smallest absolute Gasteiger partial charge is 0.488 e. The van der Waals surface area contributed by atoms with E-state index < -0.39 is 24.1 Å². The molecule has 0 aliphatic carbocycles. The normalized spacial score (nSPS) is 20.5. The number of rotatable bonds is 3. The van der Waals surface area contributed by atoms with Crippen molar-refractivity contribution >= 4 is 12.6 Å². The maximum absolute atomic E-state index is 14.0. The third-order valence-corrected chi connectivity index (χ3v) is 3.86. The van der Waals surface area contributed by atoms with Crippen molar-refractivity contribution < 1.29 is 18.4 Å². The van der Waals surface area contributed by atoms with E-state index in [1.807, 2.05) is 41.5 Å². The highest BCUT2D eigenvalue weighted by Crippen LogP contribution is 2.37. The van der Waals surface area contributed by atoms with Crippen LogP contribution in [0.15, 0.2) is 18.2 Å². The molecule has 1 aliphatic heterocycles. The second-order valence-electron chi connectivity index (χ2n) is 6.41. The first-order valence-corrected chi connectivity index (χ1v) is 6.95. The van der Waals surface area contributed by atoms with E-state index in [0.29, 0.717) is 5.46 Å². The van der Waals surface area contributed by atoms with E-state index in [0.717, 1.165) is 0 Å². The number of ether oxygens (including phenoxy) is 1. The minimum Gasteiger partial charge on any atom is -0.488 e. The van der Waals surface area contributed by atoms with E-state index in [1.54, 1.807) is 12.1 Å². The zero-order valence-corrected chi connectivity index (χ0v) is 13.0. The summed E-state index contributed by atoms with van der Waals surface area (Å²) in [7, 11) is -0.621.